The first-order valence-corrected chi connectivity index (χ1v) is 7.06. The van der Waals surface area contributed by atoms with Crippen molar-refractivity contribution in [1.82, 2.24) is 4.90 Å². The van der Waals surface area contributed by atoms with Gasteiger partial charge in [0.25, 0.3) is 0 Å². The van der Waals surface area contributed by atoms with E-state index in [0.29, 0.717) is 0 Å². The molecule has 0 amide bonds. The van der Waals surface area contributed by atoms with E-state index in [1.54, 1.807) is 11.3 Å². The van der Waals surface area contributed by atoms with Crippen LogP contribution in [-0.4, -0.2) is 11.9 Å². The lowest BCUT2D eigenvalue weighted by atomic mass is 10.2. The number of nitrogens with two attached hydrogens (primary N) is 1. The summed E-state index contributed by atoms with van der Waals surface area (Å²) in [5.74, 6) is 0. The summed E-state index contributed by atoms with van der Waals surface area (Å²) >= 11 is 5.26. The first-order chi connectivity index (χ1) is 8.13. The Morgan fingerprint density at radius 1 is 1.24 bits per heavy atom. The molecule has 0 bridgehead atoms. The Balaban J connectivity index is 1.93. The molecule has 0 aliphatic rings. The van der Waals surface area contributed by atoms with E-state index in [2.05, 4.69) is 51.5 Å². The molecule has 2 nitrogen and oxygen atoms in total. The van der Waals surface area contributed by atoms with Crippen LogP contribution in [0.1, 0.15) is 10.4 Å². The predicted molar refractivity (Wildman–Crippen MR) is 78.0 cm³/mol. The lowest BCUT2D eigenvalue weighted by Gasteiger charge is -2.15. The van der Waals surface area contributed by atoms with Crippen LogP contribution in [0, 0.1) is 0 Å². The predicted octanol–water partition coefficient (Wildman–Crippen LogP) is 3.72. The van der Waals surface area contributed by atoms with Crippen LogP contribution in [0.4, 0.5) is 5.69 Å². The van der Waals surface area contributed by atoms with Crippen LogP contribution in [0.3, 0.4) is 0 Å². The molecule has 0 atom stereocenters. The highest BCUT2D eigenvalue weighted by Gasteiger charge is 2.03. The van der Waals surface area contributed by atoms with Crippen molar-refractivity contribution >= 4 is 33.0 Å². The molecule has 0 aliphatic carbocycles. The first kappa shape index (κ1) is 12.6. The fraction of sp³-hybridized carbons (Fsp3) is 0.231. The third-order valence-electron chi connectivity index (χ3n) is 2.48. The van der Waals surface area contributed by atoms with Gasteiger partial charge in [-0.05, 0) is 46.7 Å². The van der Waals surface area contributed by atoms with Crippen molar-refractivity contribution in [2.75, 3.05) is 12.8 Å². The van der Waals surface area contributed by atoms with Crippen molar-refractivity contribution < 1.29 is 0 Å². The summed E-state index contributed by atoms with van der Waals surface area (Å²) in [5, 5.41) is 2.12. The first-order valence-electron chi connectivity index (χ1n) is 5.39. The molecule has 4 heteroatoms. The molecule has 1 aromatic heterocycles. The summed E-state index contributed by atoms with van der Waals surface area (Å²) in [6.07, 6.45) is 0. The van der Waals surface area contributed by atoms with Gasteiger partial charge in [-0.3, -0.25) is 4.90 Å². The van der Waals surface area contributed by atoms with Crippen molar-refractivity contribution in [3.8, 4) is 0 Å². The minimum atomic E-state index is 0.818. The van der Waals surface area contributed by atoms with Gasteiger partial charge in [0.1, 0.15) is 0 Å². The maximum atomic E-state index is 5.67. The van der Waals surface area contributed by atoms with E-state index in [1.165, 1.54) is 14.9 Å². The number of thiophene rings is 1. The highest BCUT2D eigenvalue weighted by atomic mass is 79.9. The van der Waals surface area contributed by atoms with E-state index >= 15 is 0 Å². The Labute approximate surface area is 114 Å². The van der Waals surface area contributed by atoms with Gasteiger partial charge in [-0.25, -0.2) is 0 Å². The van der Waals surface area contributed by atoms with Crippen LogP contribution < -0.4 is 5.73 Å². The highest BCUT2D eigenvalue weighted by molar-refractivity contribution is 9.10. The third-order valence-corrected chi connectivity index (χ3v) is 4.16. The number of benzene rings is 1. The maximum absolute atomic E-state index is 5.67. The monoisotopic (exact) mass is 310 g/mol. The average molecular weight is 311 g/mol. The van der Waals surface area contributed by atoms with Gasteiger partial charge in [0, 0.05) is 33.5 Å². The molecule has 90 valence electrons. The standard InChI is InChI=1S/C13H15BrN2S/c1-16(8-13-6-11(14)9-17-13)7-10-2-4-12(15)5-3-10/h2-6,9H,7-8,15H2,1H3. The number of halogens is 1. The summed E-state index contributed by atoms with van der Waals surface area (Å²) in [6.45, 7) is 1.91. The normalized spacial score (nSPS) is 11.0. The fourth-order valence-corrected chi connectivity index (χ4v) is 3.22. The van der Waals surface area contributed by atoms with Crippen LogP contribution in [0.15, 0.2) is 40.2 Å². The van der Waals surface area contributed by atoms with Crippen molar-refractivity contribution in [3.05, 3.63) is 50.6 Å². The molecule has 1 heterocycles. The minimum Gasteiger partial charge on any atom is -0.399 e. The van der Waals surface area contributed by atoms with Crippen molar-refractivity contribution in [2.24, 2.45) is 0 Å². The zero-order chi connectivity index (χ0) is 12.3. The Kier molecular flexibility index (Phi) is 4.20. The molecule has 0 radical (unpaired) electrons. The number of nitrogens with zero attached hydrogens (tertiary/aromatic N) is 1. The van der Waals surface area contributed by atoms with Gasteiger partial charge in [-0.15, -0.1) is 11.3 Å². The second kappa shape index (κ2) is 5.67. The van der Waals surface area contributed by atoms with Gasteiger partial charge in [0.2, 0.25) is 0 Å². The van der Waals surface area contributed by atoms with Gasteiger partial charge in [-0.2, -0.15) is 0 Å². The topological polar surface area (TPSA) is 29.3 Å². The zero-order valence-electron chi connectivity index (χ0n) is 9.69. The summed E-state index contributed by atoms with van der Waals surface area (Å²) in [4.78, 5) is 3.67. The summed E-state index contributed by atoms with van der Waals surface area (Å²) in [5.41, 5.74) is 7.77. The SMILES string of the molecule is CN(Cc1ccc(N)cc1)Cc1cc(Br)cs1. The minimum absolute atomic E-state index is 0.818. The Hall–Kier alpha value is -0.840. The lowest BCUT2D eigenvalue weighted by Crippen LogP contribution is -2.16. The van der Waals surface area contributed by atoms with E-state index in [1.807, 2.05) is 12.1 Å². The lowest BCUT2D eigenvalue weighted by molar-refractivity contribution is 0.322. The number of nitrogen functional groups attached to an aromatic ring is 1. The van der Waals surface area contributed by atoms with Crippen LogP contribution in [0.25, 0.3) is 0 Å². The molecule has 17 heavy (non-hydrogen) atoms. The third kappa shape index (κ3) is 3.84. The second-order valence-corrected chi connectivity index (χ2v) is 6.06. The smallest absolute Gasteiger partial charge is 0.0328 e. The van der Waals surface area contributed by atoms with Crippen molar-refractivity contribution in [1.29, 1.82) is 0 Å². The molecule has 0 fully saturated rings. The van der Waals surface area contributed by atoms with E-state index in [-0.39, 0.29) is 0 Å². The summed E-state index contributed by atoms with van der Waals surface area (Å²) in [6, 6.07) is 10.2. The molecule has 0 unspecified atom stereocenters. The van der Waals surface area contributed by atoms with Gasteiger partial charge in [0.05, 0.1) is 0 Å². The molecule has 2 rings (SSSR count). The van der Waals surface area contributed by atoms with Crippen molar-refractivity contribution in [3.63, 3.8) is 0 Å². The van der Waals surface area contributed by atoms with Gasteiger partial charge in [0.15, 0.2) is 0 Å². The van der Waals surface area contributed by atoms with Gasteiger partial charge in [-0.1, -0.05) is 12.1 Å². The maximum Gasteiger partial charge on any atom is 0.0328 e. The number of hydrogen-bond donors (Lipinski definition) is 1. The van der Waals surface area contributed by atoms with E-state index in [4.69, 9.17) is 5.73 Å². The van der Waals surface area contributed by atoms with E-state index in [0.717, 1.165) is 18.8 Å². The molecular weight excluding hydrogens is 296 g/mol. The largest absolute Gasteiger partial charge is 0.399 e. The zero-order valence-corrected chi connectivity index (χ0v) is 12.1. The number of rotatable bonds is 4. The quantitative estimate of drug-likeness (QED) is 0.872. The van der Waals surface area contributed by atoms with Gasteiger partial charge >= 0.3 is 0 Å². The van der Waals surface area contributed by atoms with E-state index < -0.39 is 0 Å². The van der Waals surface area contributed by atoms with Gasteiger partial charge < -0.3 is 5.73 Å². The fourth-order valence-electron chi connectivity index (χ4n) is 1.69. The van der Waals surface area contributed by atoms with Crippen molar-refractivity contribution in [2.45, 2.75) is 13.1 Å². The molecule has 1 aromatic carbocycles. The molecule has 0 spiro atoms. The van der Waals surface area contributed by atoms with Crippen LogP contribution in [0.2, 0.25) is 0 Å². The molecule has 2 N–H and O–H groups in total. The van der Waals surface area contributed by atoms with E-state index in [9.17, 15) is 0 Å². The Bertz CT molecular complexity index is 478. The molecule has 0 saturated heterocycles. The van der Waals surface area contributed by atoms with Crippen LogP contribution >= 0.6 is 27.3 Å². The molecular formula is C13H15BrN2S. The second-order valence-electron chi connectivity index (χ2n) is 4.15. The Morgan fingerprint density at radius 2 is 1.94 bits per heavy atom. The highest BCUT2D eigenvalue weighted by Crippen LogP contribution is 2.21. The number of anilines is 1. The average Bonchev–Trinajstić information content (AvgIpc) is 2.67. The summed E-state index contributed by atoms with van der Waals surface area (Å²) < 4.78 is 1.17. The molecule has 2 aromatic rings. The molecule has 0 aliphatic heterocycles. The van der Waals surface area contributed by atoms with Crippen LogP contribution in [0.5, 0.6) is 0 Å². The Morgan fingerprint density at radius 3 is 2.53 bits per heavy atom. The van der Waals surface area contributed by atoms with Crippen LogP contribution in [-0.2, 0) is 13.1 Å². The summed E-state index contributed by atoms with van der Waals surface area (Å²) in [7, 11) is 2.13. The molecule has 0 saturated carbocycles. The number of hydrogen-bond acceptors (Lipinski definition) is 3.